The summed E-state index contributed by atoms with van der Waals surface area (Å²) in [5.41, 5.74) is 0. The van der Waals surface area contributed by atoms with E-state index in [0.717, 1.165) is 63.1 Å². The predicted molar refractivity (Wildman–Crippen MR) is 90.9 cm³/mol. The number of aliphatic hydroxyl groups is 1. The highest BCUT2D eigenvalue weighted by Gasteiger charge is 2.28. The van der Waals surface area contributed by atoms with Gasteiger partial charge >= 0.3 is 0 Å². The summed E-state index contributed by atoms with van der Waals surface area (Å²) < 4.78 is 0. The van der Waals surface area contributed by atoms with Gasteiger partial charge in [-0.3, -0.25) is 4.90 Å². The van der Waals surface area contributed by atoms with Crippen LogP contribution >= 0.6 is 0 Å². The predicted octanol–water partition coefficient (Wildman–Crippen LogP) is 0.970. The van der Waals surface area contributed by atoms with Gasteiger partial charge in [-0.25, -0.2) is 9.97 Å². The van der Waals surface area contributed by atoms with Crippen LogP contribution in [0.1, 0.15) is 25.7 Å². The quantitative estimate of drug-likeness (QED) is 0.873. The van der Waals surface area contributed by atoms with Gasteiger partial charge in [0.1, 0.15) is 18.0 Å². The number of hydrogen-bond acceptors (Lipinski definition) is 6. The van der Waals surface area contributed by atoms with Gasteiger partial charge in [0, 0.05) is 45.3 Å². The first kappa shape index (κ1) is 15.1. The summed E-state index contributed by atoms with van der Waals surface area (Å²) in [6, 6.07) is 2.32. The SMILES string of the molecule is OC[C@@H]1CCCN1c1cc(N2CCN(CC3CC3)CC2)ncn1. The van der Waals surface area contributed by atoms with Crippen LogP contribution in [0.5, 0.6) is 0 Å². The lowest BCUT2D eigenvalue weighted by atomic mass is 10.2. The Bertz CT molecular complexity index is 527. The van der Waals surface area contributed by atoms with E-state index in [1.807, 2.05) is 0 Å². The molecule has 0 unspecified atom stereocenters. The van der Waals surface area contributed by atoms with Crippen molar-refractivity contribution in [2.75, 3.05) is 55.7 Å². The molecule has 126 valence electrons. The molecular formula is C17H27N5O. The van der Waals surface area contributed by atoms with E-state index in [1.54, 1.807) is 6.33 Å². The lowest BCUT2D eigenvalue weighted by Gasteiger charge is -2.35. The summed E-state index contributed by atoms with van der Waals surface area (Å²) in [5.74, 6) is 2.97. The summed E-state index contributed by atoms with van der Waals surface area (Å²) >= 11 is 0. The van der Waals surface area contributed by atoms with E-state index in [2.05, 4.69) is 30.7 Å². The minimum absolute atomic E-state index is 0.208. The van der Waals surface area contributed by atoms with Crippen molar-refractivity contribution >= 4 is 11.6 Å². The Morgan fingerprint density at radius 1 is 1.00 bits per heavy atom. The van der Waals surface area contributed by atoms with Gasteiger partial charge in [-0.2, -0.15) is 0 Å². The minimum atomic E-state index is 0.208. The molecule has 6 nitrogen and oxygen atoms in total. The van der Waals surface area contributed by atoms with Gasteiger partial charge in [0.05, 0.1) is 12.6 Å². The lowest BCUT2D eigenvalue weighted by Crippen LogP contribution is -2.47. The molecule has 1 aliphatic carbocycles. The van der Waals surface area contributed by atoms with Crippen LogP contribution in [0.15, 0.2) is 12.4 Å². The van der Waals surface area contributed by atoms with Crippen molar-refractivity contribution in [2.45, 2.75) is 31.7 Å². The monoisotopic (exact) mass is 317 g/mol. The molecule has 0 radical (unpaired) electrons. The number of piperazine rings is 1. The van der Waals surface area contributed by atoms with Crippen molar-refractivity contribution in [2.24, 2.45) is 5.92 Å². The molecular weight excluding hydrogens is 290 g/mol. The molecule has 3 heterocycles. The van der Waals surface area contributed by atoms with Crippen molar-refractivity contribution < 1.29 is 5.11 Å². The van der Waals surface area contributed by atoms with E-state index in [1.165, 1.54) is 19.4 Å². The zero-order valence-corrected chi connectivity index (χ0v) is 13.8. The van der Waals surface area contributed by atoms with Crippen LogP contribution in [-0.4, -0.2) is 71.9 Å². The highest BCUT2D eigenvalue weighted by molar-refractivity contribution is 5.51. The maximum absolute atomic E-state index is 9.52. The Balaban J connectivity index is 1.40. The molecule has 1 aromatic heterocycles. The molecule has 1 atom stereocenters. The average molecular weight is 317 g/mol. The molecule has 1 N–H and O–H groups in total. The maximum atomic E-state index is 9.52. The molecule has 4 rings (SSSR count). The molecule has 3 fully saturated rings. The minimum Gasteiger partial charge on any atom is -0.394 e. The van der Waals surface area contributed by atoms with Gasteiger partial charge in [-0.05, 0) is 31.6 Å². The number of aromatic nitrogens is 2. The normalized spacial score (nSPS) is 26.0. The summed E-state index contributed by atoms with van der Waals surface area (Å²) in [5, 5.41) is 9.52. The van der Waals surface area contributed by atoms with E-state index >= 15 is 0 Å². The molecule has 0 aromatic carbocycles. The van der Waals surface area contributed by atoms with Gasteiger partial charge in [-0.1, -0.05) is 0 Å². The van der Waals surface area contributed by atoms with Crippen LogP contribution in [0.3, 0.4) is 0 Å². The highest BCUT2D eigenvalue weighted by Crippen LogP contribution is 2.30. The number of aliphatic hydroxyl groups excluding tert-OH is 1. The Morgan fingerprint density at radius 2 is 1.78 bits per heavy atom. The molecule has 2 aliphatic heterocycles. The summed E-state index contributed by atoms with van der Waals surface area (Å²) in [6.45, 7) is 6.85. The second kappa shape index (κ2) is 6.61. The van der Waals surface area contributed by atoms with Gasteiger partial charge in [0.15, 0.2) is 0 Å². The smallest absolute Gasteiger partial charge is 0.134 e. The topological polar surface area (TPSA) is 55.7 Å². The Kier molecular flexibility index (Phi) is 4.35. The number of hydrogen-bond donors (Lipinski definition) is 1. The van der Waals surface area contributed by atoms with E-state index in [0.29, 0.717) is 0 Å². The average Bonchev–Trinajstić information content (AvgIpc) is 3.28. The van der Waals surface area contributed by atoms with Crippen molar-refractivity contribution in [1.82, 2.24) is 14.9 Å². The molecule has 0 spiro atoms. The van der Waals surface area contributed by atoms with Gasteiger partial charge < -0.3 is 14.9 Å². The van der Waals surface area contributed by atoms with E-state index in [9.17, 15) is 5.11 Å². The first-order chi connectivity index (χ1) is 11.3. The number of nitrogens with zero attached hydrogens (tertiary/aromatic N) is 5. The molecule has 0 amide bonds. The highest BCUT2D eigenvalue weighted by atomic mass is 16.3. The van der Waals surface area contributed by atoms with Gasteiger partial charge in [-0.15, -0.1) is 0 Å². The Labute approximate surface area is 138 Å². The standard InChI is InChI=1S/C17H27N5O/c23-12-15-2-1-5-22(15)17-10-16(18-13-19-17)21-8-6-20(7-9-21)11-14-3-4-14/h10,13-15,23H,1-9,11-12H2/t15-/m0/s1. The van der Waals surface area contributed by atoms with Gasteiger partial charge in [0.25, 0.3) is 0 Å². The number of anilines is 2. The number of rotatable bonds is 5. The van der Waals surface area contributed by atoms with Crippen LogP contribution < -0.4 is 9.80 Å². The second-order valence-electron chi connectivity index (χ2n) is 7.14. The molecule has 23 heavy (non-hydrogen) atoms. The Hall–Kier alpha value is -1.40. The maximum Gasteiger partial charge on any atom is 0.134 e. The van der Waals surface area contributed by atoms with Crippen molar-refractivity contribution in [3.63, 3.8) is 0 Å². The van der Waals surface area contributed by atoms with Crippen LogP contribution in [0.2, 0.25) is 0 Å². The van der Waals surface area contributed by atoms with Crippen LogP contribution in [-0.2, 0) is 0 Å². The molecule has 6 heteroatoms. The zero-order chi connectivity index (χ0) is 15.6. The van der Waals surface area contributed by atoms with Crippen LogP contribution in [0, 0.1) is 5.92 Å². The third-order valence-electron chi connectivity index (χ3n) is 5.43. The van der Waals surface area contributed by atoms with E-state index < -0.39 is 0 Å². The van der Waals surface area contributed by atoms with Crippen LogP contribution in [0.4, 0.5) is 11.6 Å². The van der Waals surface area contributed by atoms with Crippen molar-refractivity contribution in [3.05, 3.63) is 12.4 Å². The Morgan fingerprint density at radius 3 is 2.52 bits per heavy atom. The second-order valence-corrected chi connectivity index (χ2v) is 7.14. The van der Waals surface area contributed by atoms with Crippen molar-refractivity contribution in [3.8, 4) is 0 Å². The van der Waals surface area contributed by atoms with Gasteiger partial charge in [0.2, 0.25) is 0 Å². The largest absolute Gasteiger partial charge is 0.394 e. The van der Waals surface area contributed by atoms with Crippen LogP contribution in [0.25, 0.3) is 0 Å². The van der Waals surface area contributed by atoms with E-state index in [4.69, 9.17) is 0 Å². The fraction of sp³-hybridized carbons (Fsp3) is 0.765. The molecule has 3 aliphatic rings. The molecule has 2 saturated heterocycles. The first-order valence-corrected chi connectivity index (χ1v) is 9.00. The summed E-state index contributed by atoms with van der Waals surface area (Å²) in [7, 11) is 0. The third kappa shape index (κ3) is 3.43. The fourth-order valence-electron chi connectivity index (χ4n) is 3.82. The van der Waals surface area contributed by atoms with E-state index in [-0.39, 0.29) is 12.6 Å². The molecule has 1 saturated carbocycles. The molecule has 0 bridgehead atoms. The third-order valence-corrected chi connectivity index (χ3v) is 5.43. The summed E-state index contributed by atoms with van der Waals surface area (Å²) in [4.78, 5) is 16.1. The fourth-order valence-corrected chi connectivity index (χ4v) is 3.82. The first-order valence-electron chi connectivity index (χ1n) is 9.00. The lowest BCUT2D eigenvalue weighted by molar-refractivity contribution is 0.247. The van der Waals surface area contributed by atoms with Crippen molar-refractivity contribution in [1.29, 1.82) is 0 Å². The zero-order valence-electron chi connectivity index (χ0n) is 13.8. The molecule has 1 aromatic rings. The summed E-state index contributed by atoms with van der Waals surface area (Å²) in [6.07, 6.45) is 6.71.